The Kier molecular flexibility index (Phi) is 5.98. The number of para-hydroxylation sites is 1. The summed E-state index contributed by atoms with van der Waals surface area (Å²) in [6.07, 6.45) is -4.38. The Hall–Kier alpha value is -2.48. The minimum absolute atomic E-state index is 0.0754. The number of aromatic nitrogens is 2. The van der Waals surface area contributed by atoms with Crippen molar-refractivity contribution in [2.45, 2.75) is 37.0 Å². The fourth-order valence-corrected chi connectivity index (χ4v) is 3.79. The van der Waals surface area contributed by atoms with Crippen LogP contribution in [0.4, 0.5) is 13.2 Å². The molecule has 1 aromatic heterocycles. The predicted octanol–water partition coefficient (Wildman–Crippen LogP) is 5.21. The van der Waals surface area contributed by atoms with E-state index >= 15 is 0 Å². The van der Waals surface area contributed by atoms with Crippen LogP contribution in [0.5, 0.6) is 5.75 Å². The number of nitrogens with zero attached hydrogens (tertiary/aromatic N) is 2. The maximum Gasteiger partial charge on any atom is 0.422 e. The van der Waals surface area contributed by atoms with Gasteiger partial charge in [-0.15, -0.1) is 0 Å². The molecule has 0 aliphatic heterocycles. The van der Waals surface area contributed by atoms with Crippen LogP contribution in [0.1, 0.15) is 25.5 Å². The van der Waals surface area contributed by atoms with Gasteiger partial charge in [0, 0.05) is 11.8 Å². The molecule has 3 aromatic rings. The SMILES string of the molecule is CC(C)n1c(SCc2cccc(OCC(F)(F)F)c2)nc2ccccc2c1=O. The fraction of sp³-hybridized carbons (Fsp3) is 0.300. The van der Waals surface area contributed by atoms with E-state index in [1.165, 1.54) is 17.8 Å². The van der Waals surface area contributed by atoms with Crippen LogP contribution in [-0.2, 0) is 5.75 Å². The Balaban J connectivity index is 1.84. The summed E-state index contributed by atoms with van der Waals surface area (Å²) in [7, 11) is 0. The molecule has 4 nitrogen and oxygen atoms in total. The molecule has 0 amide bonds. The van der Waals surface area contributed by atoms with Crippen LogP contribution in [0.15, 0.2) is 58.5 Å². The minimum Gasteiger partial charge on any atom is -0.484 e. The van der Waals surface area contributed by atoms with Crippen LogP contribution in [0, 0.1) is 0 Å². The van der Waals surface area contributed by atoms with E-state index in [4.69, 9.17) is 4.74 Å². The van der Waals surface area contributed by atoms with Gasteiger partial charge in [0.1, 0.15) is 5.75 Å². The van der Waals surface area contributed by atoms with Gasteiger partial charge in [0.15, 0.2) is 11.8 Å². The van der Waals surface area contributed by atoms with Crippen LogP contribution in [0.3, 0.4) is 0 Å². The molecule has 28 heavy (non-hydrogen) atoms. The van der Waals surface area contributed by atoms with Crippen LogP contribution >= 0.6 is 11.8 Å². The summed E-state index contributed by atoms with van der Waals surface area (Å²) < 4.78 is 43.4. The average molecular weight is 408 g/mol. The first-order valence-corrected chi connectivity index (χ1v) is 9.66. The van der Waals surface area contributed by atoms with Crippen molar-refractivity contribution in [3.8, 4) is 5.75 Å². The van der Waals surface area contributed by atoms with Crippen molar-refractivity contribution in [1.82, 2.24) is 9.55 Å². The molecule has 8 heteroatoms. The number of hydrogen-bond acceptors (Lipinski definition) is 4. The Morgan fingerprint density at radius 1 is 1.14 bits per heavy atom. The first kappa shape index (κ1) is 20.3. The van der Waals surface area contributed by atoms with Crippen molar-refractivity contribution >= 4 is 22.7 Å². The molecule has 0 bridgehead atoms. The number of rotatable bonds is 6. The second-order valence-corrected chi connectivity index (χ2v) is 7.46. The Morgan fingerprint density at radius 3 is 2.61 bits per heavy atom. The molecule has 3 rings (SSSR count). The lowest BCUT2D eigenvalue weighted by atomic mass is 10.2. The molecule has 0 saturated carbocycles. The number of halogens is 3. The van der Waals surface area contributed by atoms with Crippen molar-refractivity contribution in [3.05, 3.63) is 64.4 Å². The van der Waals surface area contributed by atoms with Gasteiger partial charge in [0.05, 0.1) is 10.9 Å². The van der Waals surface area contributed by atoms with E-state index < -0.39 is 12.8 Å². The molecule has 0 fully saturated rings. The summed E-state index contributed by atoms with van der Waals surface area (Å²) in [4.78, 5) is 17.4. The van der Waals surface area contributed by atoms with Crippen LogP contribution in [0.2, 0.25) is 0 Å². The summed E-state index contributed by atoms with van der Waals surface area (Å²) in [6.45, 7) is 2.49. The summed E-state index contributed by atoms with van der Waals surface area (Å²) >= 11 is 1.36. The van der Waals surface area contributed by atoms with Gasteiger partial charge < -0.3 is 4.74 Å². The van der Waals surface area contributed by atoms with Crippen LogP contribution in [-0.4, -0.2) is 22.3 Å². The van der Waals surface area contributed by atoms with E-state index in [1.807, 2.05) is 19.9 Å². The van der Waals surface area contributed by atoms with Crippen molar-refractivity contribution in [2.24, 2.45) is 0 Å². The average Bonchev–Trinajstić information content (AvgIpc) is 2.64. The topological polar surface area (TPSA) is 44.1 Å². The zero-order valence-corrected chi connectivity index (χ0v) is 16.2. The van der Waals surface area contributed by atoms with Gasteiger partial charge in [-0.3, -0.25) is 9.36 Å². The number of thioether (sulfide) groups is 1. The molecule has 1 heterocycles. The highest BCUT2D eigenvalue weighted by molar-refractivity contribution is 7.98. The van der Waals surface area contributed by atoms with Gasteiger partial charge in [0.2, 0.25) is 0 Å². The lowest BCUT2D eigenvalue weighted by molar-refractivity contribution is -0.153. The van der Waals surface area contributed by atoms with Gasteiger partial charge in [-0.25, -0.2) is 4.98 Å². The molecule has 0 N–H and O–H groups in total. The summed E-state index contributed by atoms with van der Waals surface area (Å²) in [6, 6.07) is 13.6. The smallest absolute Gasteiger partial charge is 0.422 e. The van der Waals surface area contributed by atoms with E-state index in [9.17, 15) is 18.0 Å². The van der Waals surface area contributed by atoms with E-state index in [-0.39, 0.29) is 17.4 Å². The second kappa shape index (κ2) is 8.26. The molecular formula is C20H19F3N2O2S. The summed E-state index contributed by atoms with van der Waals surface area (Å²) in [5, 5.41) is 1.13. The zero-order chi connectivity index (χ0) is 20.3. The highest BCUT2D eigenvalue weighted by Gasteiger charge is 2.28. The monoisotopic (exact) mass is 408 g/mol. The quantitative estimate of drug-likeness (QED) is 0.415. The molecule has 0 atom stereocenters. The second-order valence-electron chi connectivity index (χ2n) is 6.52. The number of alkyl halides is 3. The molecule has 0 saturated heterocycles. The van der Waals surface area contributed by atoms with Crippen molar-refractivity contribution in [1.29, 1.82) is 0 Å². The fourth-order valence-electron chi connectivity index (χ4n) is 2.72. The largest absolute Gasteiger partial charge is 0.484 e. The van der Waals surface area contributed by atoms with Gasteiger partial charge >= 0.3 is 6.18 Å². The molecule has 0 aliphatic rings. The van der Waals surface area contributed by atoms with Gasteiger partial charge in [-0.1, -0.05) is 36.0 Å². The van der Waals surface area contributed by atoms with E-state index in [1.54, 1.807) is 41.0 Å². The normalized spacial score (nSPS) is 11.9. The first-order chi connectivity index (χ1) is 13.2. The lowest BCUT2D eigenvalue weighted by Gasteiger charge is -2.16. The number of fused-ring (bicyclic) bond motifs is 1. The highest BCUT2D eigenvalue weighted by atomic mass is 32.2. The molecule has 0 spiro atoms. The lowest BCUT2D eigenvalue weighted by Crippen LogP contribution is -2.25. The number of hydrogen-bond donors (Lipinski definition) is 0. The third-order valence-corrected chi connectivity index (χ3v) is 4.98. The zero-order valence-electron chi connectivity index (χ0n) is 15.4. The van der Waals surface area contributed by atoms with Crippen molar-refractivity contribution in [3.63, 3.8) is 0 Å². The van der Waals surface area contributed by atoms with Crippen LogP contribution < -0.4 is 10.3 Å². The highest BCUT2D eigenvalue weighted by Crippen LogP contribution is 2.26. The summed E-state index contributed by atoms with van der Waals surface area (Å²) in [5.41, 5.74) is 1.29. The molecule has 0 radical (unpaired) electrons. The Morgan fingerprint density at radius 2 is 1.89 bits per heavy atom. The number of ether oxygens (including phenoxy) is 1. The van der Waals surface area contributed by atoms with Crippen molar-refractivity contribution < 1.29 is 17.9 Å². The predicted molar refractivity (Wildman–Crippen MR) is 104 cm³/mol. The minimum atomic E-state index is -4.38. The van der Waals surface area contributed by atoms with E-state index in [0.717, 1.165) is 5.56 Å². The maximum atomic E-state index is 12.8. The third-order valence-electron chi connectivity index (χ3n) is 3.96. The van der Waals surface area contributed by atoms with E-state index in [0.29, 0.717) is 21.8 Å². The molecule has 0 unspecified atom stereocenters. The standard InChI is InChI=1S/C20H19F3N2O2S/c1-13(2)25-18(26)16-8-3-4-9-17(16)24-19(25)28-11-14-6-5-7-15(10-14)27-12-20(21,22)23/h3-10,13H,11-12H2,1-2H3. The van der Waals surface area contributed by atoms with E-state index in [2.05, 4.69) is 4.98 Å². The molecular weight excluding hydrogens is 389 g/mol. The van der Waals surface area contributed by atoms with Crippen LogP contribution in [0.25, 0.3) is 10.9 Å². The van der Waals surface area contributed by atoms with Crippen molar-refractivity contribution in [2.75, 3.05) is 6.61 Å². The van der Waals surface area contributed by atoms with Gasteiger partial charge in [-0.2, -0.15) is 13.2 Å². The van der Waals surface area contributed by atoms with Gasteiger partial charge in [0.25, 0.3) is 5.56 Å². The summed E-state index contributed by atoms with van der Waals surface area (Å²) in [5.74, 6) is 0.601. The Bertz CT molecular complexity index is 1030. The molecule has 0 aliphatic carbocycles. The van der Waals surface area contributed by atoms with Gasteiger partial charge in [-0.05, 0) is 43.7 Å². The Labute approximate surface area is 164 Å². The third kappa shape index (κ3) is 4.86. The molecule has 148 valence electrons. The number of benzene rings is 2. The molecule has 2 aromatic carbocycles. The first-order valence-electron chi connectivity index (χ1n) is 8.67. The maximum absolute atomic E-state index is 12.8.